The maximum atomic E-state index is 15.1. The molecular weight excluding hydrogens is 615 g/mol. The van der Waals surface area contributed by atoms with Gasteiger partial charge in [0.2, 0.25) is 0 Å². The predicted molar refractivity (Wildman–Crippen MR) is 159 cm³/mol. The number of nitrogens with one attached hydrogen (secondary N) is 1. The smallest absolute Gasteiger partial charge is 0.411 e. The second-order valence-corrected chi connectivity index (χ2v) is 11.1. The Balaban J connectivity index is 1.45. The van der Waals surface area contributed by atoms with Gasteiger partial charge >= 0.3 is 12.1 Å². The van der Waals surface area contributed by atoms with Crippen molar-refractivity contribution < 1.29 is 41.4 Å². The number of aromatic nitrogens is 2. The third-order valence-electron chi connectivity index (χ3n) is 8.12. The lowest BCUT2D eigenvalue weighted by Gasteiger charge is -2.38. The Morgan fingerprint density at radius 1 is 1.13 bits per heavy atom. The van der Waals surface area contributed by atoms with Crippen LogP contribution in [0.1, 0.15) is 27.2 Å². The molecule has 2 aromatic carbocycles. The molecule has 1 aliphatic rings. The van der Waals surface area contributed by atoms with Crippen LogP contribution in [-0.2, 0) is 23.0 Å². The van der Waals surface area contributed by atoms with Crippen LogP contribution < -0.4 is 15.8 Å². The van der Waals surface area contributed by atoms with Crippen LogP contribution in [0.2, 0.25) is 0 Å². The maximum Gasteiger partial charge on any atom is 0.411 e. The fraction of sp³-hybridized carbons (Fsp3) is 0.312. The first-order valence-electron chi connectivity index (χ1n) is 14.2. The number of ether oxygens (including phenoxy) is 1. The number of carboxylic acids is 1. The number of aryl methyl sites for hydroxylation is 2. The van der Waals surface area contributed by atoms with E-state index in [1.54, 1.807) is 45.2 Å². The summed E-state index contributed by atoms with van der Waals surface area (Å²) in [5, 5.41) is 12.6. The summed E-state index contributed by atoms with van der Waals surface area (Å²) in [5.41, 5.74) is 1.41. The number of rotatable bonds is 7. The maximum absolute atomic E-state index is 15.1. The van der Waals surface area contributed by atoms with E-state index in [1.165, 1.54) is 10.8 Å². The number of halogens is 5. The van der Waals surface area contributed by atoms with E-state index >= 15 is 8.78 Å². The van der Waals surface area contributed by atoms with Gasteiger partial charge in [0, 0.05) is 48.5 Å². The Kier molecular flexibility index (Phi) is 8.85. The van der Waals surface area contributed by atoms with Gasteiger partial charge in [-0.1, -0.05) is 18.2 Å². The van der Waals surface area contributed by atoms with Crippen molar-refractivity contribution in [1.29, 1.82) is 0 Å². The first-order valence-corrected chi connectivity index (χ1v) is 14.2. The van der Waals surface area contributed by atoms with Gasteiger partial charge < -0.3 is 24.6 Å². The average Bonchev–Trinajstić information content (AvgIpc) is 2.99. The molecule has 4 aromatic rings. The number of nitrogens with zero attached hydrogens (tertiary/aromatic N) is 3. The normalized spacial score (nSPS) is 16.0. The van der Waals surface area contributed by atoms with Gasteiger partial charge in [-0.3, -0.25) is 14.6 Å². The van der Waals surface area contributed by atoms with E-state index in [2.05, 4.69) is 10.3 Å². The van der Waals surface area contributed by atoms with Crippen LogP contribution >= 0.6 is 0 Å². The van der Waals surface area contributed by atoms with Gasteiger partial charge in [-0.15, -0.1) is 0 Å². The molecule has 3 heterocycles. The van der Waals surface area contributed by atoms with Crippen molar-refractivity contribution in [3.8, 4) is 11.1 Å². The van der Waals surface area contributed by atoms with E-state index < -0.39 is 59.6 Å². The minimum absolute atomic E-state index is 0.106. The van der Waals surface area contributed by atoms with Crippen molar-refractivity contribution >= 4 is 28.5 Å². The molecule has 5 rings (SSSR count). The van der Waals surface area contributed by atoms with Crippen LogP contribution in [0.15, 0.2) is 53.5 Å². The molecule has 9 nitrogen and oxygen atoms in total. The van der Waals surface area contributed by atoms with Crippen molar-refractivity contribution in [3.63, 3.8) is 0 Å². The zero-order chi connectivity index (χ0) is 33.5. The van der Waals surface area contributed by atoms with Crippen molar-refractivity contribution in [2.75, 3.05) is 24.7 Å². The van der Waals surface area contributed by atoms with Gasteiger partial charge in [0.15, 0.2) is 0 Å². The van der Waals surface area contributed by atoms with Crippen LogP contribution in [0.3, 0.4) is 0 Å². The summed E-state index contributed by atoms with van der Waals surface area (Å²) in [6, 6.07) is 5.77. The fourth-order valence-corrected chi connectivity index (χ4v) is 5.69. The number of carboxylic acid groups (broad SMARTS) is 1. The molecule has 0 unspecified atom stereocenters. The Hall–Kier alpha value is -4.85. The summed E-state index contributed by atoms with van der Waals surface area (Å²) >= 11 is 0. The Labute approximate surface area is 259 Å². The van der Waals surface area contributed by atoms with Gasteiger partial charge in [0.1, 0.15) is 29.3 Å². The minimum Gasteiger partial charge on any atom is -0.480 e. The Bertz CT molecular complexity index is 1890. The van der Waals surface area contributed by atoms with Crippen molar-refractivity contribution in [1.82, 2.24) is 14.9 Å². The summed E-state index contributed by atoms with van der Waals surface area (Å²) in [6.45, 7) is 2.46. The molecular formula is C32H29F5N4O5. The van der Waals surface area contributed by atoms with Gasteiger partial charge in [0.05, 0.1) is 24.3 Å². The van der Waals surface area contributed by atoms with Gasteiger partial charge in [0.25, 0.3) is 11.5 Å². The van der Waals surface area contributed by atoms with Gasteiger partial charge in [-0.25, -0.2) is 13.6 Å². The number of aliphatic carboxylic acids is 1. The summed E-state index contributed by atoms with van der Waals surface area (Å²) in [5.74, 6) is -5.83. The van der Waals surface area contributed by atoms with Crippen LogP contribution in [0.4, 0.5) is 27.6 Å². The number of anilines is 1. The highest BCUT2D eigenvalue weighted by Crippen LogP contribution is 2.33. The lowest BCUT2D eigenvalue weighted by Crippen LogP contribution is -2.53. The first kappa shape index (κ1) is 32.5. The number of carbonyl (C=O) groups is 2. The SMILES string of the molecule is Cc1cc(C)n(C)c(=O)c1-c1ccc(C[C@H](NC(=O)c2c(F)cc(N3CCOC[C@@H]3C(F)(F)F)cc2F)C(=O)O)c2cccnc12. The number of fused-ring (bicyclic) bond motifs is 1. The molecule has 0 bridgehead atoms. The number of hydrogen-bond acceptors (Lipinski definition) is 6. The zero-order valence-corrected chi connectivity index (χ0v) is 24.9. The fourth-order valence-electron chi connectivity index (χ4n) is 5.69. The zero-order valence-electron chi connectivity index (χ0n) is 24.9. The summed E-state index contributed by atoms with van der Waals surface area (Å²) < 4.78 is 77.2. The van der Waals surface area contributed by atoms with E-state index in [1.807, 2.05) is 6.07 Å². The number of benzene rings is 2. The summed E-state index contributed by atoms with van der Waals surface area (Å²) in [6.07, 6.45) is -3.55. The molecule has 14 heteroatoms. The van der Waals surface area contributed by atoms with Crippen molar-refractivity contribution in [3.05, 3.63) is 93.0 Å². The van der Waals surface area contributed by atoms with Gasteiger partial charge in [-0.05, 0) is 49.2 Å². The quantitative estimate of drug-likeness (QED) is 0.281. The second-order valence-electron chi connectivity index (χ2n) is 11.1. The van der Waals surface area contributed by atoms with Crippen LogP contribution in [-0.4, -0.2) is 64.6 Å². The van der Waals surface area contributed by atoms with Gasteiger partial charge in [-0.2, -0.15) is 13.2 Å². The number of morpholine rings is 1. The first-order chi connectivity index (χ1) is 21.7. The molecule has 2 aromatic heterocycles. The van der Waals surface area contributed by atoms with E-state index in [0.29, 0.717) is 45.3 Å². The average molecular weight is 645 g/mol. The molecule has 1 aliphatic heterocycles. The number of amides is 1. The van der Waals surface area contributed by atoms with Crippen molar-refractivity contribution in [2.45, 2.75) is 38.5 Å². The number of alkyl halides is 3. The lowest BCUT2D eigenvalue weighted by atomic mass is 9.93. The van der Waals surface area contributed by atoms with E-state index in [4.69, 9.17) is 4.74 Å². The standard InChI is InChI=1S/C32H29F5N4O5/c1-16-11-17(2)40(3)30(43)26(16)21-7-6-18(20-5-4-8-38-28(20)21)12-24(31(44)45)39-29(42)27-22(33)13-19(14-23(27)34)41-9-10-46-15-25(41)32(35,36)37/h4-8,11,13-14,24-25H,9-10,12,15H2,1-3H3,(H,39,42)(H,44,45)/t24-,25+/m0/s1. The van der Waals surface area contributed by atoms with Crippen LogP contribution in [0.25, 0.3) is 22.0 Å². The number of hydrogen-bond donors (Lipinski definition) is 2. The molecule has 1 fully saturated rings. The van der Waals surface area contributed by atoms with Crippen LogP contribution in [0, 0.1) is 25.5 Å². The lowest BCUT2D eigenvalue weighted by molar-refractivity contribution is -0.167. The van der Waals surface area contributed by atoms with Crippen molar-refractivity contribution in [2.24, 2.45) is 7.05 Å². The molecule has 0 aliphatic carbocycles. The Morgan fingerprint density at radius 2 is 1.83 bits per heavy atom. The molecule has 1 amide bonds. The highest BCUT2D eigenvalue weighted by Gasteiger charge is 2.46. The Morgan fingerprint density at radius 3 is 2.48 bits per heavy atom. The topological polar surface area (TPSA) is 114 Å². The number of carbonyl (C=O) groups excluding carboxylic acids is 1. The summed E-state index contributed by atoms with van der Waals surface area (Å²) in [4.78, 5) is 43.6. The monoisotopic (exact) mass is 644 g/mol. The highest BCUT2D eigenvalue weighted by molar-refractivity contribution is 5.99. The molecule has 1 saturated heterocycles. The third kappa shape index (κ3) is 6.16. The number of pyridine rings is 2. The molecule has 242 valence electrons. The molecule has 0 radical (unpaired) electrons. The molecule has 0 spiro atoms. The van der Waals surface area contributed by atoms with E-state index in [0.717, 1.165) is 10.6 Å². The third-order valence-corrected chi connectivity index (χ3v) is 8.12. The second kappa shape index (κ2) is 12.5. The molecule has 0 saturated carbocycles. The summed E-state index contributed by atoms with van der Waals surface area (Å²) in [7, 11) is 1.64. The van der Waals surface area contributed by atoms with E-state index in [-0.39, 0.29) is 25.1 Å². The van der Waals surface area contributed by atoms with Crippen LogP contribution in [0.5, 0.6) is 0 Å². The molecule has 46 heavy (non-hydrogen) atoms. The largest absolute Gasteiger partial charge is 0.480 e. The highest BCUT2D eigenvalue weighted by atomic mass is 19.4. The predicted octanol–water partition coefficient (Wildman–Crippen LogP) is 4.69. The molecule has 2 N–H and O–H groups in total. The minimum atomic E-state index is -4.75. The molecule has 2 atom stereocenters. The van der Waals surface area contributed by atoms with E-state index in [9.17, 15) is 32.7 Å².